The lowest BCUT2D eigenvalue weighted by molar-refractivity contribution is 0.160. The molecule has 0 saturated heterocycles. The summed E-state index contributed by atoms with van der Waals surface area (Å²) in [6, 6.07) is 1.43. The third-order valence-electron chi connectivity index (χ3n) is 2.76. The maximum atomic E-state index is 2.57. The van der Waals surface area contributed by atoms with E-state index < -0.39 is 0 Å². The minimum Gasteiger partial charge on any atom is -0.299 e. The molecule has 0 aliphatic carbocycles. The van der Waals surface area contributed by atoms with Crippen LogP contribution in [-0.4, -0.2) is 23.5 Å². The van der Waals surface area contributed by atoms with Gasteiger partial charge >= 0.3 is 0 Å². The molecular weight excluding hydrogens is 158 g/mol. The summed E-state index contributed by atoms with van der Waals surface area (Å²) in [6.45, 7) is 15.0. The first-order chi connectivity index (χ1) is 5.99. The fraction of sp³-hybridized carbons (Fsp3) is 1.00. The van der Waals surface area contributed by atoms with E-state index >= 15 is 0 Å². The molecule has 13 heavy (non-hydrogen) atoms. The molecule has 0 N–H and O–H groups in total. The standard InChI is InChI=1S/C12H27N/c1-7-13(11(4)5)12(6)9-8-10(2)3/h10-12H,7-9H2,1-6H3. The van der Waals surface area contributed by atoms with Crippen LogP contribution in [0.5, 0.6) is 0 Å². The molecule has 1 heteroatoms. The van der Waals surface area contributed by atoms with Crippen molar-refractivity contribution < 1.29 is 0 Å². The van der Waals surface area contributed by atoms with E-state index in [0.29, 0.717) is 6.04 Å². The van der Waals surface area contributed by atoms with Gasteiger partial charge in [-0.05, 0) is 46.1 Å². The van der Waals surface area contributed by atoms with Gasteiger partial charge in [0, 0.05) is 12.1 Å². The van der Waals surface area contributed by atoms with Gasteiger partial charge in [0.2, 0.25) is 0 Å². The molecule has 0 fully saturated rings. The molecule has 0 spiro atoms. The Morgan fingerprint density at radius 2 is 1.46 bits per heavy atom. The highest BCUT2D eigenvalue weighted by atomic mass is 15.2. The third kappa shape index (κ3) is 5.30. The number of rotatable bonds is 6. The van der Waals surface area contributed by atoms with E-state index in [1.807, 2.05) is 0 Å². The summed E-state index contributed by atoms with van der Waals surface area (Å²) in [4.78, 5) is 2.57. The van der Waals surface area contributed by atoms with Crippen LogP contribution in [0.2, 0.25) is 0 Å². The highest BCUT2D eigenvalue weighted by Gasteiger charge is 2.14. The van der Waals surface area contributed by atoms with Gasteiger partial charge < -0.3 is 0 Å². The van der Waals surface area contributed by atoms with E-state index in [0.717, 1.165) is 12.0 Å². The smallest absolute Gasteiger partial charge is 0.00696 e. The average Bonchev–Trinajstić information content (AvgIpc) is 2.01. The second-order valence-electron chi connectivity index (χ2n) is 4.74. The van der Waals surface area contributed by atoms with Crippen molar-refractivity contribution in [2.75, 3.05) is 6.54 Å². The van der Waals surface area contributed by atoms with Gasteiger partial charge in [0.1, 0.15) is 0 Å². The van der Waals surface area contributed by atoms with Gasteiger partial charge in [-0.2, -0.15) is 0 Å². The fourth-order valence-electron chi connectivity index (χ4n) is 1.93. The SMILES string of the molecule is CCN(C(C)C)C(C)CCC(C)C. The van der Waals surface area contributed by atoms with Crippen LogP contribution in [0.25, 0.3) is 0 Å². The minimum absolute atomic E-state index is 0.687. The minimum atomic E-state index is 0.687. The molecule has 1 atom stereocenters. The van der Waals surface area contributed by atoms with Gasteiger partial charge in [-0.1, -0.05) is 20.8 Å². The highest BCUT2D eigenvalue weighted by Crippen LogP contribution is 2.13. The van der Waals surface area contributed by atoms with Crippen molar-refractivity contribution in [1.82, 2.24) is 4.90 Å². The second-order valence-corrected chi connectivity index (χ2v) is 4.74. The fourth-order valence-corrected chi connectivity index (χ4v) is 1.93. The number of hydrogen-bond donors (Lipinski definition) is 0. The second kappa shape index (κ2) is 6.42. The Kier molecular flexibility index (Phi) is 6.40. The molecular formula is C12H27N. The maximum absolute atomic E-state index is 2.57. The first-order valence-electron chi connectivity index (χ1n) is 5.74. The van der Waals surface area contributed by atoms with E-state index in [4.69, 9.17) is 0 Å². The molecule has 0 bridgehead atoms. The Hall–Kier alpha value is -0.0400. The van der Waals surface area contributed by atoms with Crippen molar-refractivity contribution in [1.29, 1.82) is 0 Å². The van der Waals surface area contributed by atoms with Gasteiger partial charge in [0.05, 0.1) is 0 Å². The zero-order chi connectivity index (χ0) is 10.4. The maximum Gasteiger partial charge on any atom is 0.00696 e. The third-order valence-corrected chi connectivity index (χ3v) is 2.76. The molecule has 0 saturated carbocycles. The normalized spacial score (nSPS) is 14.5. The molecule has 0 aromatic rings. The molecule has 0 aromatic carbocycles. The Morgan fingerprint density at radius 3 is 1.77 bits per heavy atom. The summed E-state index contributed by atoms with van der Waals surface area (Å²) in [7, 11) is 0. The summed E-state index contributed by atoms with van der Waals surface area (Å²) in [6.07, 6.45) is 2.69. The van der Waals surface area contributed by atoms with E-state index in [-0.39, 0.29) is 0 Å². The van der Waals surface area contributed by atoms with Crippen LogP contribution in [0, 0.1) is 5.92 Å². The van der Waals surface area contributed by atoms with E-state index in [2.05, 4.69) is 46.4 Å². The first kappa shape index (κ1) is 13.0. The van der Waals surface area contributed by atoms with Gasteiger partial charge in [-0.25, -0.2) is 0 Å². The summed E-state index contributed by atoms with van der Waals surface area (Å²) in [5.74, 6) is 0.841. The number of nitrogens with zero attached hydrogens (tertiary/aromatic N) is 1. The quantitative estimate of drug-likeness (QED) is 0.612. The van der Waals surface area contributed by atoms with Crippen molar-refractivity contribution >= 4 is 0 Å². The molecule has 0 rings (SSSR count). The molecule has 0 amide bonds. The molecule has 0 aliphatic rings. The topological polar surface area (TPSA) is 3.24 Å². The lowest BCUT2D eigenvalue weighted by atomic mass is 10.0. The Bertz CT molecular complexity index is 118. The van der Waals surface area contributed by atoms with E-state index in [1.54, 1.807) is 0 Å². The zero-order valence-electron chi connectivity index (χ0n) is 10.3. The Balaban J connectivity index is 3.84. The van der Waals surface area contributed by atoms with Crippen molar-refractivity contribution in [2.24, 2.45) is 5.92 Å². The van der Waals surface area contributed by atoms with Gasteiger partial charge in [0.15, 0.2) is 0 Å². The van der Waals surface area contributed by atoms with Crippen molar-refractivity contribution in [3.63, 3.8) is 0 Å². The molecule has 1 unspecified atom stereocenters. The van der Waals surface area contributed by atoms with Crippen molar-refractivity contribution in [3.05, 3.63) is 0 Å². The summed E-state index contributed by atoms with van der Waals surface area (Å²) < 4.78 is 0. The van der Waals surface area contributed by atoms with Crippen LogP contribution in [0.4, 0.5) is 0 Å². The largest absolute Gasteiger partial charge is 0.299 e. The molecule has 0 radical (unpaired) electrons. The molecule has 0 aliphatic heterocycles. The van der Waals surface area contributed by atoms with Crippen LogP contribution < -0.4 is 0 Å². The van der Waals surface area contributed by atoms with E-state index in [1.165, 1.54) is 19.4 Å². The van der Waals surface area contributed by atoms with Crippen LogP contribution in [0.3, 0.4) is 0 Å². The summed E-state index contributed by atoms with van der Waals surface area (Å²) in [5, 5.41) is 0. The number of hydrogen-bond acceptors (Lipinski definition) is 1. The average molecular weight is 185 g/mol. The molecule has 0 aromatic heterocycles. The molecule has 0 heterocycles. The van der Waals surface area contributed by atoms with Gasteiger partial charge in [-0.3, -0.25) is 4.90 Å². The van der Waals surface area contributed by atoms with Gasteiger partial charge in [0.25, 0.3) is 0 Å². The predicted molar refractivity (Wildman–Crippen MR) is 61.1 cm³/mol. The zero-order valence-corrected chi connectivity index (χ0v) is 10.3. The monoisotopic (exact) mass is 185 g/mol. The van der Waals surface area contributed by atoms with Crippen LogP contribution in [0.1, 0.15) is 54.4 Å². The predicted octanol–water partition coefficient (Wildman–Crippen LogP) is 3.54. The van der Waals surface area contributed by atoms with Crippen LogP contribution in [0.15, 0.2) is 0 Å². The van der Waals surface area contributed by atoms with E-state index in [9.17, 15) is 0 Å². The van der Waals surface area contributed by atoms with Crippen LogP contribution >= 0.6 is 0 Å². The molecule has 80 valence electrons. The van der Waals surface area contributed by atoms with Crippen LogP contribution in [-0.2, 0) is 0 Å². The van der Waals surface area contributed by atoms with Crippen molar-refractivity contribution in [2.45, 2.75) is 66.5 Å². The Labute approximate surface area is 84.5 Å². The van der Waals surface area contributed by atoms with Gasteiger partial charge in [-0.15, -0.1) is 0 Å². The Morgan fingerprint density at radius 1 is 0.923 bits per heavy atom. The summed E-state index contributed by atoms with van der Waals surface area (Å²) in [5.41, 5.74) is 0. The lowest BCUT2D eigenvalue weighted by Crippen LogP contribution is -2.38. The highest BCUT2D eigenvalue weighted by molar-refractivity contribution is 4.69. The van der Waals surface area contributed by atoms with Crippen molar-refractivity contribution in [3.8, 4) is 0 Å². The summed E-state index contributed by atoms with van der Waals surface area (Å²) >= 11 is 0. The first-order valence-corrected chi connectivity index (χ1v) is 5.74. The lowest BCUT2D eigenvalue weighted by Gasteiger charge is -2.32. The molecule has 1 nitrogen and oxygen atoms in total.